The smallest absolute Gasteiger partial charge is 0.0977 e. The minimum Gasteiger partial charge on any atom is -0.372 e. The molecule has 1 aliphatic carbocycles. The quantitative estimate of drug-likeness (QED) is 0.918. The van der Waals surface area contributed by atoms with Gasteiger partial charge < -0.3 is 10.1 Å². The van der Waals surface area contributed by atoms with Gasteiger partial charge in [-0.2, -0.15) is 4.37 Å². The summed E-state index contributed by atoms with van der Waals surface area (Å²) >= 11 is 1.39. The first-order chi connectivity index (χ1) is 8.74. The molecular weight excluding hydrogens is 258 g/mol. The molecule has 6 heteroatoms. The Labute approximate surface area is 109 Å². The molecule has 2 heterocycles. The molecule has 0 aromatic carbocycles. The van der Waals surface area contributed by atoms with E-state index >= 15 is 0 Å². The fraction of sp³-hybridized carbons (Fsp3) is 0.750. The van der Waals surface area contributed by atoms with Crippen molar-refractivity contribution < 1.29 is 13.5 Å². The average molecular weight is 274 g/mol. The van der Waals surface area contributed by atoms with Crippen LogP contribution in [0.15, 0.2) is 11.4 Å². The zero-order valence-electron chi connectivity index (χ0n) is 9.99. The van der Waals surface area contributed by atoms with Crippen LogP contribution in [0, 0.1) is 5.41 Å². The van der Waals surface area contributed by atoms with E-state index in [0.29, 0.717) is 19.4 Å². The van der Waals surface area contributed by atoms with Crippen molar-refractivity contribution in [1.29, 1.82) is 0 Å². The molecule has 1 aromatic heterocycles. The van der Waals surface area contributed by atoms with Gasteiger partial charge in [0.2, 0.25) is 0 Å². The molecule has 1 spiro atoms. The first kappa shape index (κ1) is 12.4. The highest BCUT2D eigenvalue weighted by molar-refractivity contribution is 7.03. The highest BCUT2D eigenvalue weighted by atomic mass is 32.1. The zero-order valence-corrected chi connectivity index (χ0v) is 10.8. The number of nitrogens with zero attached hydrogens (tertiary/aromatic N) is 1. The van der Waals surface area contributed by atoms with Crippen molar-refractivity contribution in [1.82, 2.24) is 9.69 Å². The van der Waals surface area contributed by atoms with Crippen molar-refractivity contribution in [2.75, 3.05) is 26.5 Å². The molecule has 1 aliphatic heterocycles. The van der Waals surface area contributed by atoms with E-state index in [1.54, 1.807) is 0 Å². The van der Waals surface area contributed by atoms with Crippen LogP contribution in [0.25, 0.3) is 0 Å². The number of hydrogen-bond acceptors (Lipinski definition) is 4. The third kappa shape index (κ3) is 1.78. The van der Waals surface area contributed by atoms with Gasteiger partial charge >= 0.3 is 0 Å². The minimum atomic E-state index is -0.826. The van der Waals surface area contributed by atoms with Crippen LogP contribution in [0.1, 0.15) is 24.6 Å². The van der Waals surface area contributed by atoms with Crippen molar-refractivity contribution >= 4 is 11.5 Å². The summed E-state index contributed by atoms with van der Waals surface area (Å²) in [6.07, 6.45) is 0.865. The lowest BCUT2D eigenvalue weighted by Gasteiger charge is -2.58. The Morgan fingerprint density at radius 3 is 2.83 bits per heavy atom. The van der Waals surface area contributed by atoms with Crippen molar-refractivity contribution in [2.45, 2.75) is 24.5 Å². The number of ether oxygens (including phenoxy) is 1. The third-order valence-electron chi connectivity index (χ3n) is 4.04. The van der Waals surface area contributed by atoms with Gasteiger partial charge in [-0.3, -0.25) is 8.78 Å². The Bertz CT molecular complexity index is 400. The lowest BCUT2D eigenvalue weighted by molar-refractivity contribution is -0.214. The molecule has 1 saturated heterocycles. The Kier molecular flexibility index (Phi) is 3.11. The van der Waals surface area contributed by atoms with E-state index in [9.17, 15) is 8.78 Å². The molecule has 3 rings (SSSR count). The summed E-state index contributed by atoms with van der Waals surface area (Å²) in [6.45, 7) is 0.119. The first-order valence-corrected chi connectivity index (χ1v) is 6.97. The molecule has 1 N–H and O–H groups in total. The summed E-state index contributed by atoms with van der Waals surface area (Å²) in [5.41, 5.74) is -0.372. The highest BCUT2D eigenvalue weighted by Gasteiger charge is 2.61. The highest BCUT2D eigenvalue weighted by Crippen LogP contribution is 2.57. The van der Waals surface area contributed by atoms with Crippen LogP contribution in [0.4, 0.5) is 8.78 Å². The van der Waals surface area contributed by atoms with Crippen LogP contribution in [-0.4, -0.2) is 36.5 Å². The summed E-state index contributed by atoms with van der Waals surface area (Å²) in [5, 5.41) is 5.29. The molecule has 2 fully saturated rings. The number of hydrogen-bond donors (Lipinski definition) is 1. The standard InChI is InChI=1S/C12H16F2N2OS/c13-7-11(8-14)5-12(6-11)10(15-2-3-17-12)9-1-4-18-16-9/h1,4,10,15H,2-3,5-8H2. The predicted molar refractivity (Wildman–Crippen MR) is 65.2 cm³/mol. The van der Waals surface area contributed by atoms with Gasteiger partial charge in [-0.15, -0.1) is 0 Å². The molecule has 18 heavy (non-hydrogen) atoms. The van der Waals surface area contributed by atoms with E-state index in [0.717, 1.165) is 12.2 Å². The van der Waals surface area contributed by atoms with Crippen LogP contribution < -0.4 is 5.32 Å². The lowest BCUT2D eigenvalue weighted by Crippen LogP contribution is -2.64. The molecule has 0 radical (unpaired) electrons. The second kappa shape index (κ2) is 4.51. The zero-order chi connectivity index (χ0) is 12.6. The van der Waals surface area contributed by atoms with Gasteiger partial charge in [0.1, 0.15) is 0 Å². The number of rotatable bonds is 3. The van der Waals surface area contributed by atoms with E-state index in [1.165, 1.54) is 11.5 Å². The maximum absolute atomic E-state index is 13.0. The van der Waals surface area contributed by atoms with Gasteiger partial charge in [0, 0.05) is 17.3 Å². The molecule has 100 valence electrons. The van der Waals surface area contributed by atoms with E-state index in [4.69, 9.17) is 4.74 Å². The van der Waals surface area contributed by atoms with Gasteiger partial charge in [-0.05, 0) is 30.4 Å². The minimum absolute atomic E-state index is 0.0382. The number of aromatic nitrogens is 1. The van der Waals surface area contributed by atoms with Gasteiger partial charge in [0.05, 0.1) is 37.3 Å². The Morgan fingerprint density at radius 1 is 1.44 bits per heavy atom. The second-order valence-corrected chi connectivity index (χ2v) is 6.01. The summed E-state index contributed by atoms with van der Waals surface area (Å²) in [4.78, 5) is 0. The summed E-state index contributed by atoms with van der Waals surface area (Å²) in [6, 6.07) is 1.91. The Balaban J connectivity index is 1.82. The molecule has 1 saturated carbocycles. The predicted octanol–water partition coefficient (Wildman–Crippen LogP) is 2.26. The number of morpholine rings is 1. The SMILES string of the molecule is FCC1(CF)CC2(C1)OCCNC2c1ccsn1. The largest absolute Gasteiger partial charge is 0.372 e. The Morgan fingerprint density at radius 2 is 2.22 bits per heavy atom. The van der Waals surface area contributed by atoms with Crippen molar-refractivity contribution in [3.63, 3.8) is 0 Å². The lowest BCUT2D eigenvalue weighted by atomic mass is 9.57. The number of alkyl halides is 2. The fourth-order valence-corrected chi connectivity index (χ4v) is 3.77. The van der Waals surface area contributed by atoms with Crippen LogP contribution in [0.3, 0.4) is 0 Å². The molecule has 1 unspecified atom stereocenters. The fourth-order valence-electron chi connectivity index (χ4n) is 3.22. The van der Waals surface area contributed by atoms with E-state index in [2.05, 4.69) is 9.69 Å². The van der Waals surface area contributed by atoms with Crippen LogP contribution in [0.2, 0.25) is 0 Å². The molecule has 1 aromatic rings. The average Bonchev–Trinajstić information content (AvgIpc) is 2.89. The number of nitrogens with one attached hydrogen (secondary N) is 1. The monoisotopic (exact) mass is 274 g/mol. The summed E-state index contributed by atoms with van der Waals surface area (Å²) in [7, 11) is 0. The normalized spacial score (nSPS) is 29.1. The van der Waals surface area contributed by atoms with Gasteiger partial charge in [-0.1, -0.05) is 0 Å². The van der Waals surface area contributed by atoms with Gasteiger partial charge in [0.15, 0.2) is 0 Å². The van der Waals surface area contributed by atoms with Crippen molar-refractivity contribution in [3.05, 3.63) is 17.1 Å². The molecule has 3 nitrogen and oxygen atoms in total. The van der Waals surface area contributed by atoms with Crippen molar-refractivity contribution in [3.8, 4) is 0 Å². The molecule has 2 aliphatic rings. The van der Waals surface area contributed by atoms with Crippen molar-refractivity contribution in [2.24, 2.45) is 5.41 Å². The molecular formula is C12H16F2N2OS. The second-order valence-electron chi connectivity index (χ2n) is 5.35. The molecule has 0 amide bonds. The van der Waals surface area contributed by atoms with E-state index in [-0.39, 0.29) is 6.04 Å². The van der Waals surface area contributed by atoms with Gasteiger partial charge in [-0.25, -0.2) is 0 Å². The number of halogens is 2. The first-order valence-electron chi connectivity index (χ1n) is 6.13. The van der Waals surface area contributed by atoms with E-state index in [1.807, 2.05) is 11.4 Å². The van der Waals surface area contributed by atoms with E-state index < -0.39 is 24.4 Å². The summed E-state index contributed by atoms with van der Waals surface area (Å²) in [5.74, 6) is 0. The summed E-state index contributed by atoms with van der Waals surface area (Å²) < 4.78 is 36.1. The van der Waals surface area contributed by atoms with Crippen LogP contribution in [0.5, 0.6) is 0 Å². The molecule has 1 atom stereocenters. The third-order valence-corrected chi connectivity index (χ3v) is 4.61. The Hall–Kier alpha value is -0.590. The maximum Gasteiger partial charge on any atom is 0.0977 e. The topological polar surface area (TPSA) is 34.1 Å². The molecule has 0 bridgehead atoms. The van der Waals surface area contributed by atoms with Crippen LogP contribution >= 0.6 is 11.5 Å². The maximum atomic E-state index is 13.0. The van der Waals surface area contributed by atoms with Crippen LogP contribution in [-0.2, 0) is 4.74 Å². The van der Waals surface area contributed by atoms with Gasteiger partial charge in [0.25, 0.3) is 0 Å².